The molecule has 90 valence electrons. The molecule has 2 unspecified atom stereocenters. The minimum atomic E-state index is -0.233. The molecule has 0 aromatic rings. The van der Waals surface area contributed by atoms with Crippen molar-refractivity contribution >= 4 is 12.0 Å². The Morgan fingerprint density at radius 2 is 2.31 bits per heavy atom. The summed E-state index contributed by atoms with van der Waals surface area (Å²) in [7, 11) is 1.40. The Morgan fingerprint density at radius 1 is 1.56 bits per heavy atom. The second-order valence-electron chi connectivity index (χ2n) is 4.23. The van der Waals surface area contributed by atoms with Gasteiger partial charge in [-0.05, 0) is 6.92 Å². The zero-order valence-electron chi connectivity index (χ0n) is 9.60. The normalized spacial score (nSPS) is 27.2. The molecule has 0 radical (unpaired) electrons. The summed E-state index contributed by atoms with van der Waals surface area (Å²) in [4.78, 5) is 26.7. The second-order valence-corrected chi connectivity index (χ2v) is 4.23. The zero-order chi connectivity index (χ0) is 11.7. The number of ether oxygens (including phenoxy) is 1. The van der Waals surface area contributed by atoms with Gasteiger partial charge in [0.25, 0.3) is 0 Å². The number of hydrogen-bond acceptors (Lipinski definition) is 4. The Morgan fingerprint density at radius 3 is 3.00 bits per heavy atom. The summed E-state index contributed by atoms with van der Waals surface area (Å²) in [5.41, 5.74) is 0. The highest BCUT2D eigenvalue weighted by Gasteiger charge is 2.37. The van der Waals surface area contributed by atoms with E-state index in [-0.39, 0.29) is 24.1 Å². The first-order valence-corrected chi connectivity index (χ1v) is 5.50. The maximum Gasteiger partial charge on any atom is 0.322 e. The molecule has 0 aliphatic carbocycles. The van der Waals surface area contributed by atoms with E-state index in [2.05, 4.69) is 10.2 Å². The molecule has 2 saturated heterocycles. The van der Waals surface area contributed by atoms with E-state index in [1.807, 2.05) is 11.8 Å². The molecule has 2 rings (SSSR count). The Labute approximate surface area is 94.5 Å². The van der Waals surface area contributed by atoms with E-state index in [1.54, 1.807) is 0 Å². The SMILES string of the molecule is COC(=O)C(C)N1CCN2C(=O)NCC2C1. The van der Waals surface area contributed by atoms with Crippen molar-refractivity contribution in [2.45, 2.75) is 19.0 Å². The van der Waals surface area contributed by atoms with Gasteiger partial charge in [-0.2, -0.15) is 0 Å². The van der Waals surface area contributed by atoms with Crippen LogP contribution < -0.4 is 5.32 Å². The number of methoxy groups -OCH3 is 1. The van der Waals surface area contributed by atoms with Crippen LogP contribution >= 0.6 is 0 Å². The maximum absolute atomic E-state index is 11.4. The molecule has 2 aliphatic rings. The van der Waals surface area contributed by atoms with Gasteiger partial charge in [0.1, 0.15) is 6.04 Å². The number of urea groups is 1. The Balaban J connectivity index is 1.96. The average Bonchev–Trinajstić information content (AvgIpc) is 2.68. The highest BCUT2D eigenvalue weighted by Crippen LogP contribution is 2.16. The maximum atomic E-state index is 11.4. The molecule has 0 aromatic heterocycles. The molecule has 2 fully saturated rings. The van der Waals surface area contributed by atoms with Crippen molar-refractivity contribution in [3.8, 4) is 0 Å². The van der Waals surface area contributed by atoms with Crippen molar-refractivity contribution in [2.24, 2.45) is 0 Å². The van der Waals surface area contributed by atoms with Crippen LogP contribution in [0.5, 0.6) is 0 Å². The lowest BCUT2D eigenvalue weighted by Gasteiger charge is -2.38. The fourth-order valence-corrected chi connectivity index (χ4v) is 2.30. The van der Waals surface area contributed by atoms with Gasteiger partial charge in [-0.15, -0.1) is 0 Å². The van der Waals surface area contributed by atoms with Crippen LogP contribution in [0.25, 0.3) is 0 Å². The molecule has 1 N–H and O–H groups in total. The quantitative estimate of drug-likeness (QED) is 0.631. The van der Waals surface area contributed by atoms with E-state index < -0.39 is 0 Å². The number of rotatable bonds is 2. The number of piperazine rings is 1. The summed E-state index contributed by atoms with van der Waals surface area (Å²) in [5, 5.41) is 2.81. The number of carbonyl (C=O) groups excluding carboxylic acids is 2. The second kappa shape index (κ2) is 4.29. The molecule has 2 atom stereocenters. The Bertz CT molecular complexity index is 308. The summed E-state index contributed by atoms with van der Waals surface area (Å²) < 4.78 is 4.72. The third kappa shape index (κ3) is 1.84. The van der Waals surface area contributed by atoms with Crippen molar-refractivity contribution in [3.63, 3.8) is 0 Å². The topological polar surface area (TPSA) is 61.9 Å². The predicted molar refractivity (Wildman–Crippen MR) is 56.9 cm³/mol. The van der Waals surface area contributed by atoms with E-state index in [0.717, 1.165) is 13.1 Å². The minimum absolute atomic E-state index is 0.00960. The number of fused-ring (bicyclic) bond motifs is 1. The standard InChI is InChI=1S/C10H17N3O3/c1-7(9(14)16-2)12-3-4-13-8(6-12)5-11-10(13)15/h7-8H,3-6H2,1-2H3,(H,11,15). The largest absolute Gasteiger partial charge is 0.468 e. The van der Waals surface area contributed by atoms with Gasteiger partial charge in [0.05, 0.1) is 13.2 Å². The molecule has 16 heavy (non-hydrogen) atoms. The van der Waals surface area contributed by atoms with Crippen LogP contribution in [0.1, 0.15) is 6.92 Å². The van der Waals surface area contributed by atoms with Gasteiger partial charge >= 0.3 is 12.0 Å². The summed E-state index contributed by atoms with van der Waals surface area (Å²) in [5.74, 6) is -0.217. The lowest BCUT2D eigenvalue weighted by molar-refractivity contribution is -0.147. The monoisotopic (exact) mass is 227 g/mol. The third-order valence-corrected chi connectivity index (χ3v) is 3.35. The molecule has 2 aliphatic heterocycles. The number of hydrogen-bond donors (Lipinski definition) is 1. The summed E-state index contributed by atoms with van der Waals surface area (Å²) in [6.45, 7) is 4.64. The molecule has 0 spiro atoms. The highest BCUT2D eigenvalue weighted by atomic mass is 16.5. The first-order chi connectivity index (χ1) is 7.63. The molecule has 6 heteroatoms. The van der Waals surface area contributed by atoms with Crippen molar-refractivity contribution in [3.05, 3.63) is 0 Å². The van der Waals surface area contributed by atoms with Gasteiger partial charge in [0, 0.05) is 26.2 Å². The summed E-state index contributed by atoms with van der Waals surface area (Å²) in [6, 6.07) is -0.0356. The Hall–Kier alpha value is -1.30. The zero-order valence-corrected chi connectivity index (χ0v) is 9.60. The lowest BCUT2D eigenvalue weighted by atomic mass is 10.1. The molecule has 6 nitrogen and oxygen atoms in total. The first-order valence-electron chi connectivity index (χ1n) is 5.50. The summed E-state index contributed by atoms with van der Waals surface area (Å²) >= 11 is 0. The van der Waals surface area contributed by atoms with E-state index in [0.29, 0.717) is 13.1 Å². The number of amides is 2. The smallest absolute Gasteiger partial charge is 0.322 e. The lowest BCUT2D eigenvalue weighted by Crippen LogP contribution is -2.56. The Kier molecular flexibility index (Phi) is 3.00. The van der Waals surface area contributed by atoms with Crippen LogP contribution in [-0.4, -0.2) is 67.2 Å². The predicted octanol–water partition coefficient (Wildman–Crippen LogP) is -0.743. The van der Waals surface area contributed by atoms with Gasteiger partial charge in [-0.3, -0.25) is 9.69 Å². The molecular formula is C10H17N3O3. The molecule has 0 bridgehead atoms. The minimum Gasteiger partial charge on any atom is -0.468 e. The van der Waals surface area contributed by atoms with E-state index >= 15 is 0 Å². The number of esters is 1. The number of nitrogens with zero attached hydrogens (tertiary/aromatic N) is 2. The number of carbonyl (C=O) groups is 2. The van der Waals surface area contributed by atoms with Gasteiger partial charge in [-0.1, -0.05) is 0 Å². The van der Waals surface area contributed by atoms with Crippen molar-refractivity contribution < 1.29 is 14.3 Å². The molecule has 2 heterocycles. The number of nitrogens with one attached hydrogen (secondary N) is 1. The fraction of sp³-hybridized carbons (Fsp3) is 0.800. The van der Waals surface area contributed by atoms with Gasteiger partial charge in [-0.25, -0.2) is 4.79 Å². The van der Waals surface area contributed by atoms with Crippen molar-refractivity contribution in [2.75, 3.05) is 33.3 Å². The highest BCUT2D eigenvalue weighted by molar-refractivity contribution is 5.77. The van der Waals surface area contributed by atoms with Crippen molar-refractivity contribution in [1.29, 1.82) is 0 Å². The van der Waals surface area contributed by atoms with E-state index in [9.17, 15) is 9.59 Å². The molecule has 0 saturated carbocycles. The van der Waals surface area contributed by atoms with Crippen LogP contribution in [-0.2, 0) is 9.53 Å². The van der Waals surface area contributed by atoms with E-state index in [1.165, 1.54) is 7.11 Å². The average molecular weight is 227 g/mol. The third-order valence-electron chi connectivity index (χ3n) is 3.35. The first kappa shape index (κ1) is 11.2. The molecular weight excluding hydrogens is 210 g/mol. The van der Waals surface area contributed by atoms with Crippen LogP contribution in [0.3, 0.4) is 0 Å². The van der Waals surface area contributed by atoms with Crippen LogP contribution in [0, 0.1) is 0 Å². The van der Waals surface area contributed by atoms with E-state index in [4.69, 9.17) is 4.74 Å². The molecule has 0 aromatic carbocycles. The van der Waals surface area contributed by atoms with Gasteiger partial charge in [0.2, 0.25) is 0 Å². The molecule has 2 amide bonds. The van der Waals surface area contributed by atoms with Gasteiger partial charge in [0.15, 0.2) is 0 Å². The summed E-state index contributed by atoms with van der Waals surface area (Å²) in [6.07, 6.45) is 0. The van der Waals surface area contributed by atoms with Crippen LogP contribution in [0.15, 0.2) is 0 Å². The van der Waals surface area contributed by atoms with Crippen molar-refractivity contribution in [1.82, 2.24) is 15.1 Å². The van der Waals surface area contributed by atoms with Crippen LogP contribution in [0.2, 0.25) is 0 Å². The van der Waals surface area contributed by atoms with Crippen LogP contribution in [0.4, 0.5) is 4.79 Å². The fourth-order valence-electron chi connectivity index (χ4n) is 2.30. The van der Waals surface area contributed by atoms with Gasteiger partial charge < -0.3 is 15.0 Å².